The third-order valence-corrected chi connectivity index (χ3v) is 5.90. The fourth-order valence-electron chi connectivity index (χ4n) is 4.07. The van der Waals surface area contributed by atoms with Crippen molar-refractivity contribution in [3.8, 4) is 5.75 Å². The van der Waals surface area contributed by atoms with Crippen LogP contribution in [0.3, 0.4) is 0 Å². The average Bonchev–Trinajstić information content (AvgIpc) is 3.00. The highest BCUT2D eigenvalue weighted by molar-refractivity contribution is 6.06. The van der Waals surface area contributed by atoms with Crippen LogP contribution in [0.1, 0.15) is 53.5 Å². The van der Waals surface area contributed by atoms with Crippen molar-refractivity contribution in [2.75, 3.05) is 33.3 Å². The number of amides is 1. The highest BCUT2D eigenvalue weighted by Gasteiger charge is 2.25. The first-order valence-electron chi connectivity index (χ1n) is 10.9. The van der Waals surface area contributed by atoms with E-state index in [1.54, 1.807) is 7.11 Å². The molecule has 0 bridgehead atoms. The lowest BCUT2D eigenvalue weighted by molar-refractivity contribution is 0.0762. The molecule has 2 aromatic heterocycles. The molecule has 0 spiro atoms. The molecule has 31 heavy (non-hydrogen) atoms. The van der Waals surface area contributed by atoms with Crippen molar-refractivity contribution in [3.05, 3.63) is 52.8 Å². The lowest BCUT2D eigenvalue weighted by Crippen LogP contribution is -2.35. The number of aromatic nitrogens is 2. The summed E-state index contributed by atoms with van der Waals surface area (Å²) >= 11 is 0. The Morgan fingerprint density at radius 2 is 1.94 bits per heavy atom. The van der Waals surface area contributed by atoms with Gasteiger partial charge in [-0.25, -0.2) is 4.98 Å². The van der Waals surface area contributed by atoms with E-state index in [9.17, 15) is 4.79 Å². The van der Waals surface area contributed by atoms with Gasteiger partial charge >= 0.3 is 0 Å². The summed E-state index contributed by atoms with van der Waals surface area (Å²) in [5.41, 5.74) is 3.90. The molecular weight excluding hydrogens is 392 g/mol. The smallest absolute Gasteiger partial charge is 0.259 e. The van der Waals surface area contributed by atoms with E-state index in [4.69, 9.17) is 9.26 Å². The highest BCUT2D eigenvalue weighted by atomic mass is 16.5. The maximum absolute atomic E-state index is 13.5. The summed E-state index contributed by atoms with van der Waals surface area (Å²) in [6.45, 7) is 10.1. The van der Waals surface area contributed by atoms with Gasteiger partial charge in [-0.15, -0.1) is 0 Å². The summed E-state index contributed by atoms with van der Waals surface area (Å²) in [6.07, 6.45) is 0.940. The van der Waals surface area contributed by atoms with Gasteiger partial charge in [0.1, 0.15) is 5.75 Å². The predicted octanol–water partition coefficient (Wildman–Crippen LogP) is 4.01. The Labute approximate surface area is 183 Å². The second kappa shape index (κ2) is 9.06. The Kier molecular flexibility index (Phi) is 6.23. The Morgan fingerprint density at radius 3 is 2.65 bits per heavy atom. The van der Waals surface area contributed by atoms with Gasteiger partial charge in [-0.3, -0.25) is 9.69 Å². The number of methoxy groups -OCH3 is 1. The van der Waals surface area contributed by atoms with Gasteiger partial charge in [0, 0.05) is 38.4 Å². The topological polar surface area (TPSA) is 71.7 Å². The molecule has 1 fully saturated rings. The molecule has 7 nitrogen and oxygen atoms in total. The molecule has 1 aliphatic heterocycles. The molecule has 1 aromatic carbocycles. The summed E-state index contributed by atoms with van der Waals surface area (Å²) < 4.78 is 10.6. The first kappa shape index (κ1) is 21.3. The number of nitrogens with zero attached hydrogens (tertiary/aromatic N) is 4. The molecule has 0 radical (unpaired) electrons. The van der Waals surface area contributed by atoms with Gasteiger partial charge in [-0.1, -0.05) is 31.1 Å². The first-order valence-corrected chi connectivity index (χ1v) is 10.9. The summed E-state index contributed by atoms with van der Waals surface area (Å²) in [5.74, 6) is 1.10. The normalized spacial score (nSPS) is 15.5. The lowest BCUT2D eigenvalue weighted by atomic mass is 10.0. The fraction of sp³-hybridized carbons (Fsp3) is 0.458. The van der Waals surface area contributed by atoms with Crippen molar-refractivity contribution in [1.29, 1.82) is 0 Å². The molecule has 1 saturated heterocycles. The molecular formula is C24H30N4O3. The maximum atomic E-state index is 13.5. The van der Waals surface area contributed by atoms with Crippen molar-refractivity contribution in [2.45, 2.75) is 39.7 Å². The van der Waals surface area contributed by atoms with E-state index in [-0.39, 0.29) is 11.8 Å². The van der Waals surface area contributed by atoms with Crippen LogP contribution in [0.15, 0.2) is 34.9 Å². The van der Waals surface area contributed by atoms with Gasteiger partial charge in [0.15, 0.2) is 0 Å². The van der Waals surface area contributed by atoms with Gasteiger partial charge in [0.25, 0.3) is 11.6 Å². The molecule has 1 aliphatic rings. The molecule has 0 unspecified atom stereocenters. The average molecular weight is 423 g/mol. The minimum absolute atomic E-state index is 0.0342. The van der Waals surface area contributed by atoms with E-state index in [2.05, 4.69) is 41.0 Å². The first-order chi connectivity index (χ1) is 15.0. The van der Waals surface area contributed by atoms with Crippen LogP contribution in [-0.4, -0.2) is 59.1 Å². The van der Waals surface area contributed by atoms with Gasteiger partial charge in [0.05, 0.1) is 23.8 Å². The zero-order valence-corrected chi connectivity index (χ0v) is 18.7. The highest BCUT2D eigenvalue weighted by Crippen LogP contribution is 2.26. The van der Waals surface area contributed by atoms with Crippen LogP contribution in [-0.2, 0) is 6.54 Å². The predicted molar refractivity (Wildman–Crippen MR) is 119 cm³/mol. The second-order valence-corrected chi connectivity index (χ2v) is 8.47. The number of aryl methyl sites for hydroxylation is 1. The Morgan fingerprint density at radius 1 is 1.16 bits per heavy atom. The molecule has 7 heteroatoms. The minimum Gasteiger partial charge on any atom is -0.497 e. The standard InChI is InChI=1S/C24H30N4O3/c1-16(2)21-14-20(22-17(3)26-31-23(22)25-21)24(29)28-11-5-10-27(12-13-28)15-18-6-8-19(30-4)9-7-18/h6-9,14,16H,5,10-13,15H2,1-4H3. The molecule has 3 aromatic rings. The number of benzene rings is 1. The number of carbonyl (C=O) groups is 1. The maximum Gasteiger partial charge on any atom is 0.259 e. The van der Waals surface area contributed by atoms with Crippen LogP contribution in [0.2, 0.25) is 0 Å². The van der Waals surface area contributed by atoms with Gasteiger partial charge < -0.3 is 14.2 Å². The molecule has 4 rings (SSSR count). The number of hydrogen-bond donors (Lipinski definition) is 0. The number of pyridine rings is 1. The van der Waals surface area contributed by atoms with Crippen LogP contribution < -0.4 is 4.74 Å². The molecule has 3 heterocycles. The monoisotopic (exact) mass is 422 g/mol. The van der Waals surface area contributed by atoms with E-state index >= 15 is 0 Å². The molecule has 0 aliphatic carbocycles. The molecule has 164 valence electrons. The van der Waals surface area contributed by atoms with Crippen molar-refractivity contribution >= 4 is 17.0 Å². The zero-order chi connectivity index (χ0) is 22.0. The fourth-order valence-corrected chi connectivity index (χ4v) is 4.07. The number of fused-ring (bicyclic) bond motifs is 1. The van der Waals surface area contributed by atoms with Gasteiger partial charge in [0.2, 0.25) is 0 Å². The Balaban J connectivity index is 1.50. The van der Waals surface area contributed by atoms with Crippen LogP contribution in [0.4, 0.5) is 0 Å². The third kappa shape index (κ3) is 4.56. The Hall–Kier alpha value is -2.93. The van der Waals surface area contributed by atoms with E-state index in [0.717, 1.165) is 49.4 Å². The van der Waals surface area contributed by atoms with Crippen LogP contribution in [0.25, 0.3) is 11.1 Å². The summed E-state index contributed by atoms with van der Waals surface area (Å²) in [5, 5.41) is 4.78. The van der Waals surface area contributed by atoms with Crippen LogP contribution in [0, 0.1) is 6.92 Å². The molecule has 0 atom stereocenters. The minimum atomic E-state index is 0.0342. The summed E-state index contributed by atoms with van der Waals surface area (Å²) in [6, 6.07) is 10.1. The van der Waals surface area contributed by atoms with Crippen molar-refractivity contribution < 1.29 is 14.1 Å². The SMILES string of the molecule is COc1ccc(CN2CCCN(C(=O)c3cc(C(C)C)nc4onc(C)c34)CC2)cc1. The number of hydrogen-bond acceptors (Lipinski definition) is 6. The molecule has 1 amide bonds. The van der Waals surface area contributed by atoms with Gasteiger partial charge in [-0.05, 0) is 43.0 Å². The number of rotatable bonds is 5. The zero-order valence-electron chi connectivity index (χ0n) is 18.7. The summed E-state index contributed by atoms with van der Waals surface area (Å²) in [7, 11) is 1.68. The number of ether oxygens (including phenoxy) is 1. The van der Waals surface area contributed by atoms with Crippen LogP contribution in [0.5, 0.6) is 5.75 Å². The van der Waals surface area contributed by atoms with Crippen molar-refractivity contribution in [1.82, 2.24) is 19.9 Å². The molecule has 0 N–H and O–H groups in total. The number of carbonyl (C=O) groups excluding carboxylic acids is 1. The quantitative estimate of drug-likeness (QED) is 0.619. The lowest BCUT2D eigenvalue weighted by Gasteiger charge is -2.23. The summed E-state index contributed by atoms with van der Waals surface area (Å²) in [4.78, 5) is 22.4. The van der Waals surface area contributed by atoms with E-state index in [1.807, 2.05) is 30.0 Å². The van der Waals surface area contributed by atoms with E-state index in [1.165, 1.54) is 5.56 Å². The van der Waals surface area contributed by atoms with Crippen molar-refractivity contribution in [3.63, 3.8) is 0 Å². The second-order valence-electron chi connectivity index (χ2n) is 8.47. The van der Waals surface area contributed by atoms with Crippen LogP contribution >= 0.6 is 0 Å². The van der Waals surface area contributed by atoms with E-state index in [0.29, 0.717) is 23.5 Å². The Bertz CT molecular complexity index is 1060. The largest absolute Gasteiger partial charge is 0.497 e. The van der Waals surface area contributed by atoms with Gasteiger partial charge in [-0.2, -0.15) is 0 Å². The van der Waals surface area contributed by atoms with E-state index < -0.39 is 0 Å². The molecule has 0 saturated carbocycles. The van der Waals surface area contributed by atoms with Crippen molar-refractivity contribution in [2.24, 2.45) is 0 Å². The third-order valence-electron chi connectivity index (χ3n) is 5.90.